The van der Waals surface area contributed by atoms with E-state index in [1.807, 2.05) is 0 Å². The van der Waals surface area contributed by atoms with Gasteiger partial charge in [0.25, 0.3) is 5.91 Å². The molecular formula is C26H27ClN4O6. The molecule has 0 spiro atoms. The van der Waals surface area contributed by atoms with Crippen molar-refractivity contribution in [3.63, 3.8) is 0 Å². The van der Waals surface area contributed by atoms with Gasteiger partial charge in [0.1, 0.15) is 17.1 Å². The smallest absolute Gasteiger partial charge is 0.338 e. The zero-order valence-corrected chi connectivity index (χ0v) is 21.4. The summed E-state index contributed by atoms with van der Waals surface area (Å²) in [4.78, 5) is 56.9. The van der Waals surface area contributed by atoms with Gasteiger partial charge in [-0.1, -0.05) is 17.7 Å². The molecule has 1 aliphatic rings. The van der Waals surface area contributed by atoms with Crippen LogP contribution in [0.15, 0.2) is 40.9 Å². The highest BCUT2D eigenvalue weighted by molar-refractivity contribution is 6.30. The molecule has 37 heavy (non-hydrogen) atoms. The van der Waals surface area contributed by atoms with Crippen LogP contribution in [0, 0.1) is 11.8 Å². The van der Waals surface area contributed by atoms with Gasteiger partial charge < -0.3 is 24.7 Å². The molecule has 0 saturated heterocycles. The van der Waals surface area contributed by atoms with E-state index in [2.05, 4.69) is 15.6 Å². The Hall–Kier alpha value is -3.92. The lowest BCUT2D eigenvalue weighted by molar-refractivity contribution is -0.135. The molecule has 1 fully saturated rings. The molecule has 1 saturated carbocycles. The number of pyridine rings is 1. The number of aromatic nitrogens is 1. The summed E-state index contributed by atoms with van der Waals surface area (Å²) in [6.45, 7) is 0. The number of ether oxygens (including phenoxy) is 1. The van der Waals surface area contributed by atoms with Crippen LogP contribution in [0.25, 0.3) is 11.0 Å². The highest BCUT2D eigenvalue weighted by Crippen LogP contribution is 2.36. The molecule has 1 aromatic carbocycles. The van der Waals surface area contributed by atoms with Gasteiger partial charge >= 0.3 is 5.97 Å². The fourth-order valence-corrected chi connectivity index (χ4v) is 4.64. The summed E-state index contributed by atoms with van der Waals surface area (Å²) in [6, 6.07) is 7.80. The van der Waals surface area contributed by atoms with Crippen LogP contribution in [0.5, 0.6) is 0 Å². The lowest BCUT2D eigenvalue weighted by Crippen LogP contribution is -2.35. The van der Waals surface area contributed by atoms with Crippen LogP contribution in [0.1, 0.15) is 46.6 Å². The minimum Gasteiger partial charge on any atom is -0.465 e. The van der Waals surface area contributed by atoms with E-state index in [0.717, 1.165) is 0 Å². The Balaban J connectivity index is 1.65. The first-order valence-electron chi connectivity index (χ1n) is 11.8. The molecule has 0 bridgehead atoms. The van der Waals surface area contributed by atoms with Crippen molar-refractivity contribution in [3.8, 4) is 0 Å². The predicted molar refractivity (Wildman–Crippen MR) is 138 cm³/mol. The van der Waals surface area contributed by atoms with Crippen molar-refractivity contribution < 1.29 is 28.3 Å². The van der Waals surface area contributed by atoms with Gasteiger partial charge in [-0.25, -0.2) is 9.78 Å². The van der Waals surface area contributed by atoms with Crippen molar-refractivity contribution >= 4 is 57.8 Å². The molecule has 2 N–H and O–H groups in total. The average Bonchev–Trinajstić information content (AvgIpc) is 3.27. The lowest BCUT2D eigenvalue weighted by atomic mass is 9.81. The topological polar surface area (TPSA) is 131 Å². The Morgan fingerprint density at radius 1 is 1.03 bits per heavy atom. The maximum atomic E-state index is 13.3. The van der Waals surface area contributed by atoms with E-state index in [1.165, 1.54) is 25.4 Å². The largest absolute Gasteiger partial charge is 0.465 e. The number of rotatable bonds is 6. The van der Waals surface area contributed by atoms with E-state index in [9.17, 15) is 19.2 Å². The van der Waals surface area contributed by atoms with E-state index in [4.69, 9.17) is 20.8 Å². The van der Waals surface area contributed by atoms with Gasteiger partial charge in [0, 0.05) is 32.1 Å². The molecule has 194 valence electrons. The van der Waals surface area contributed by atoms with E-state index < -0.39 is 11.9 Å². The monoisotopic (exact) mass is 526 g/mol. The van der Waals surface area contributed by atoms with E-state index in [0.29, 0.717) is 30.7 Å². The maximum absolute atomic E-state index is 13.3. The summed E-state index contributed by atoms with van der Waals surface area (Å²) in [5.74, 6) is -2.03. The van der Waals surface area contributed by atoms with E-state index in [-0.39, 0.29) is 57.4 Å². The number of benzene rings is 1. The Kier molecular flexibility index (Phi) is 7.77. The second kappa shape index (κ2) is 11.0. The number of anilines is 2. The fraction of sp³-hybridized carbons (Fsp3) is 0.346. The Morgan fingerprint density at radius 2 is 1.73 bits per heavy atom. The first-order chi connectivity index (χ1) is 17.7. The molecule has 2 heterocycles. The van der Waals surface area contributed by atoms with Crippen molar-refractivity contribution in [2.24, 2.45) is 11.8 Å². The number of halogens is 1. The number of amides is 3. The second-order valence-corrected chi connectivity index (χ2v) is 9.50. The molecule has 2 aromatic heterocycles. The van der Waals surface area contributed by atoms with Gasteiger partial charge in [-0.15, -0.1) is 0 Å². The molecule has 0 unspecified atom stereocenters. The van der Waals surface area contributed by atoms with Crippen LogP contribution in [0.4, 0.5) is 11.5 Å². The molecular weight excluding hydrogens is 500 g/mol. The minimum absolute atomic E-state index is 0.0529. The van der Waals surface area contributed by atoms with Crippen LogP contribution in [0.3, 0.4) is 0 Å². The Bertz CT molecular complexity index is 1340. The number of carbonyl (C=O) groups excluding carboxylic acids is 4. The molecule has 0 radical (unpaired) electrons. The van der Waals surface area contributed by atoms with E-state index in [1.54, 1.807) is 37.2 Å². The third kappa shape index (κ3) is 5.59. The number of carbonyl (C=O) groups is 4. The predicted octanol–water partition coefficient (Wildman–Crippen LogP) is 4.35. The van der Waals surface area contributed by atoms with Gasteiger partial charge in [-0.05, 0) is 49.9 Å². The van der Waals surface area contributed by atoms with Crippen molar-refractivity contribution in [1.82, 2.24) is 9.88 Å². The highest BCUT2D eigenvalue weighted by atomic mass is 35.5. The van der Waals surface area contributed by atoms with Crippen molar-refractivity contribution in [2.45, 2.75) is 25.7 Å². The summed E-state index contributed by atoms with van der Waals surface area (Å²) < 4.78 is 10.7. The summed E-state index contributed by atoms with van der Waals surface area (Å²) in [5.41, 5.74) is 0.440. The lowest BCUT2D eigenvalue weighted by Gasteiger charge is -2.28. The fourth-order valence-electron chi connectivity index (χ4n) is 4.52. The Labute approximate surface area is 218 Å². The van der Waals surface area contributed by atoms with Crippen LogP contribution in [-0.4, -0.2) is 54.8 Å². The van der Waals surface area contributed by atoms with Crippen molar-refractivity contribution in [1.29, 1.82) is 0 Å². The molecule has 10 nitrogen and oxygen atoms in total. The average molecular weight is 527 g/mol. The normalized spacial score (nSPS) is 17.2. The number of hydrogen-bond donors (Lipinski definition) is 2. The van der Waals surface area contributed by atoms with Crippen molar-refractivity contribution in [3.05, 3.63) is 52.9 Å². The van der Waals surface area contributed by atoms with Crippen LogP contribution in [-0.2, 0) is 14.3 Å². The highest BCUT2D eigenvalue weighted by Gasteiger charge is 2.33. The van der Waals surface area contributed by atoms with E-state index >= 15 is 0 Å². The SMILES string of the molecule is COC(=O)c1cccc2oc(C(=O)Nc3ccc(Cl)cn3)c(NC(=O)C3CCC(C(=O)N(C)C)CC3)c12. The van der Waals surface area contributed by atoms with Crippen molar-refractivity contribution in [2.75, 3.05) is 31.8 Å². The molecule has 0 atom stereocenters. The molecule has 11 heteroatoms. The van der Waals surface area contributed by atoms with Crippen LogP contribution >= 0.6 is 11.6 Å². The van der Waals surface area contributed by atoms with Gasteiger partial charge in [-0.2, -0.15) is 0 Å². The summed E-state index contributed by atoms with van der Waals surface area (Å²) in [7, 11) is 4.68. The number of hydrogen-bond acceptors (Lipinski definition) is 7. The summed E-state index contributed by atoms with van der Waals surface area (Å²) in [5, 5.41) is 6.11. The Morgan fingerprint density at radius 3 is 2.35 bits per heavy atom. The molecule has 3 amide bonds. The first-order valence-corrected chi connectivity index (χ1v) is 12.2. The zero-order valence-electron chi connectivity index (χ0n) is 20.7. The number of esters is 1. The molecule has 3 aromatic rings. The van der Waals surface area contributed by atoms with Gasteiger partial charge in [0.2, 0.25) is 17.6 Å². The number of furan rings is 1. The second-order valence-electron chi connectivity index (χ2n) is 9.06. The summed E-state index contributed by atoms with van der Waals surface area (Å²) >= 11 is 5.87. The quantitative estimate of drug-likeness (QED) is 0.456. The minimum atomic E-state index is -0.669. The standard InChI is InChI=1S/C26H27ClN4O6/c1-31(2)25(34)15-9-7-14(8-10-15)23(32)30-21-20-17(26(35)36-3)5-4-6-18(20)37-22(21)24(33)29-19-12-11-16(27)13-28-19/h4-6,11-15H,7-10H2,1-3H3,(H,30,32)(H,28,29,33). The van der Waals surface area contributed by atoms with Gasteiger partial charge in [-0.3, -0.25) is 14.4 Å². The summed E-state index contributed by atoms with van der Waals surface area (Å²) in [6.07, 6.45) is 3.59. The number of nitrogens with one attached hydrogen (secondary N) is 2. The van der Waals surface area contributed by atoms with Crippen LogP contribution in [0.2, 0.25) is 5.02 Å². The number of fused-ring (bicyclic) bond motifs is 1. The number of methoxy groups -OCH3 is 1. The van der Waals surface area contributed by atoms with Crippen LogP contribution < -0.4 is 10.6 Å². The third-order valence-corrected chi connectivity index (χ3v) is 6.66. The first kappa shape index (κ1) is 26.2. The molecule has 1 aliphatic carbocycles. The van der Waals surface area contributed by atoms with Gasteiger partial charge in [0.05, 0.1) is 23.1 Å². The zero-order chi connectivity index (χ0) is 26.7. The molecule has 0 aliphatic heterocycles. The third-order valence-electron chi connectivity index (χ3n) is 6.43. The molecule has 4 rings (SSSR count). The number of nitrogens with zero attached hydrogens (tertiary/aromatic N) is 2. The van der Waals surface area contributed by atoms with Gasteiger partial charge in [0.15, 0.2) is 0 Å². The maximum Gasteiger partial charge on any atom is 0.338 e.